The van der Waals surface area contributed by atoms with Gasteiger partial charge in [-0.25, -0.2) is 0 Å². The van der Waals surface area contributed by atoms with Crippen LogP contribution in [0.25, 0.3) is 11.4 Å². The maximum absolute atomic E-state index is 9.49. The fourth-order valence-electron chi connectivity index (χ4n) is 2.13. The van der Waals surface area contributed by atoms with Gasteiger partial charge in [-0.15, -0.1) is 0 Å². The smallest absolute Gasteiger partial charge is 0.244 e. The fraction of sp³-hybridized carbons (Fsp3) is 0.385. The highest BCUT2D eigenvalue weighted by atomic mass is 79.9. The average Bonchev–Trinajstić information content (AvgIpc) is 3.01. The number of aliphatic hydroxyl groups excluding tert-OH is 1. The molecular formula is C13H14BrN3O2. The van der Waals surface area contributed by atoms with Crippen molar-refractivity contribution >= 4 is 15.9 Å². The second-order valence-corrected chi connectivity index (χ2v) is 5.62. The molecule has 1 aromatic carbocycles. The summed E-state index contributed by atoms with van der Waals surface area (Å²) in [6.45, 7) is 2.60. The average molecular weight is 324 g/mol. The van der Waals surface area contributed by atoms with Gasteiger partial charge < -0.3 is 14.9 Å². The van der Waals surface area contributed by atoms with Crippen LogP contribution in [-0.4, -0.2) is 27.9 Å². The van der Waals surface area contributed by atoms with Crippen molar-refractivity contribution in [1.29, 1.82) is 0 Å². The minimum atomic E-state index is -0.339. The molecule has 2 aromatic rings. The topological polar surface area (TPSA) is 71.2 Å². The summed E-state index contributed by atoms with van der Waals surface area (Å²) in [6.07, 6.45) is 0.271. The molecule has 6 heteroatoms. The van der Waals surface area contributed by atoms with Crippen LogP contribution in [0.5, 0.6) is 0 Å². The molecule has 5 nitrogen and oxygen atoms in total. The van der Waals surface area contributed by atoms with Crippen molar-refractivity contribution in [2.24, 2.45) is 0 Å². The third-order valence-electron chi connectivity index (χ3n) is 3.28. The molecule has 3 rings (SSSR count). The Morgan fingerprint density at radius 3 is 3.00 bits per heavy atom. The van der Waals surface area contributed by atoms with E-state index in [-0.39, 0.29) is 12.1 Å². The first-order valence-electron chi connectivity index (χ1n) is 6.15. The standard InChI is InChI=1S/C13H14BrN3O2/c1-7-2-3-8(4-10(7)14)12-16-13(19-17-12)11-5-9(18)6-15-11/h2-4,9,11,15,18H,5-6H2,1H3/t9-,11-/m0/s1. The lowest BCUT2D eigenvalue weighted by Gasteiger charge is -2.02. The molecule has 1 saturated heterocycles. The summed E-state index contributed by atoms with van der Waals surface area (Å²) < 4.78 is 6.29. The summed E-state index contributed by atoms with van der Waals surface area (Å²) in [5, 5.41) is 16.6. The number of hydrogen-bond acceptors (Lipinski definition) is 5. The van der Waals surface area contributed by atoms with Crippen molar-refractivity contribution in [2.75, 3.05) is 6.54 Å². The van der Waals surface area contributed by atoms with Gasteiger partial charge in [-0.1, -0.05) is 33.2 Å². The SMILES string of the molecule is Cc1ccc(-c2noc([C@@H]3C[C@H](O)CN3)n2)cc1Br. The van der Waals surface area contributed by atoms with Gasteiger partial charge >= 0.3 is 0 Å². The number of rotatable bonds is 2. The number of aryl methyl sites for hydroxylation is 1. The van der Waals surface area contributed by atoms with Crippen molar-refractivity contribution in [3.63, 3.8) is 0 Å². The number of nitrogens with one attached hydrogen (secondary N) is 1. The first-order chi connectivity index (χ1) is 9.13. The van der Waals surface area contributed by atoms with Gasteiger partial charge in [-0.3, -0.25) is 0 Å². The maximum Gasteiger partial charge on any atom is 0.244 e. The largest absolute Gasteiger partial charge is 0.392 e. The lowest BCUT2D eigenvalue weighted by molar-refractivity contribution is 0.191. The minimum Gasteiger partial charge on any atom is -0.392 e. The van der Waals surface area contributed by atoms with Gasteiger partial charge in [0.2, 0.25) is 11.7 Å². The van der Waals surface area contributed by atoms with Crippen LogP contribution in [0.3, 0.4) is 0 Å². The van der Waals surface area contributed by atoms with Gasteiger partial charge in [0.1, 0.15) is 0 Å². The van der Waals surface area contributed by atoms with Gasteiger partial charge in [0, 0.05) is 16.6 Å². The van der Waals surface area contributed by atoms with E-state index < -0.39 is 0 Å². The van der Waals surface area contributed by atoms with Gasteiger partial charge in [0.15, 0.2) is 0 Å². The summed E-state index contributed by atoms with van der Waals surface area (Å²) in [6, 6.07) is 5.89. The molecule has 0 saturated carbocycles. The van der Waals surface area contributed by atoms with E-state index in [9.17, 15) is 5.11 Å². The van der Waals surface area contributed by atoms with E-state index in [0.29, 0.717) is 24.7 Å². The van der Waals surface area contributed by atoms with E-state index in [0.717, 1.165) is 15.6 Å². The number of benzene rings is 1. The molecule has 2 heterocycles. The molecule has 100 valence electrons. The van der Waals surface area contributed by atoms with Crippen LogP contribution in [0, 0.1) is 6.92 Å². The van der Waals surface area contributed by atoms with Crippen LogP contribution in [0.15, 0.2) is 27.2 Å². The minimum absolute atomic E-state index is 0.0508. The highest BCUT2D eigenvalue weighted by molar-refractivity contribution is 9.10. The zero-order valence-corrected chi connectivity index (χ0v) is 12.0. The van der Waals surface area contributed by atoms with Gasteiger partial charge in [-0.2, -0.15) is 4.98 Å². The van der Waals surface area contributed by atoms with Crippen molar-refractivity contribution in [1.82, 2.24) is 15.5 Å². The number of hydrogen-bond donors (Lipinski definition) is 2. The van der Waals surface area contributed by atoms with Crippen molar-refractivity contribution in [2.45, 2.75) is 25.5 Å². The molecule has 2 N–H and O–H groups in total. The molecule has 1 aliphatic heterocycles. The third kappa shape index (κ3) is 2.56. The zero-order chi connectivity index (χ0) is 13.4. The quantitative estimate of drug-likeness (QED) is 0.886. The van der Waals surface area contributed by atoms with Gasteiger partial charge in [0.25, 0.3) is 0 Å². The van der Waals surface area contributed by atoms with Crippen molar-refractivity contribution in [3.05, 3.63) is 34.1 Å². The Morgan fingerprint density at radius 2 is 2.32 bits per heavy atom. The van der Waals surface area contributed by atoms with Crippen LogP contribution in [0.1, 0.15) is 23.9 Å². The molecule has 1 fully saturated rings. The van der Waals surface area contributed by atoms with Crippen LogP contribution in [0.2, 0.25) is 0 Å². The third-order valence-corrected chi connectivity index (χ3v) is 4.13. The molecule has 0 radical (unpaired) electrons. The molecule has 0 aliphatic carbocycles. The molecule has 2 atom stereocenters. The van der Waals surface area contributed by atoms with E-state index in [1.54, 1.807) is 0 Å². The predicted molar refractivity (Wildman–Crippen MR) is 73.5 cm³/mol. The highest BCUT2D eigenvalue weighted by Crippen LogP contribution is 2.27. The lowest BCUT2D eigenvalue weighted by atomic mass is 10.1. The fourth-order valence-corrected chi connectivity index (χ4v) is 2.51. The van der Waals surface area contributed by atoms with E-state index in [1.165, 1.54) is 0 Å². The Balaban J connectivity index is 1.86. The van der Waals surface area contributed by atoms with Crippen LogP contribution in [0.4, 0.5) is 0 Å². The Morgan fingerprint density at radius 1 is 1.47 bits per heavy atom. The number of aliphatic hydroxyl groups is 1. The molecule has 1 aromatic heterocycles. The molecule has 1 aliphatic rings. The second kappa shape index (κ2) is 5.03. The second-order valence-electron chi connectivity index (χ2n) is 4.77. The Bertz CT molecular complexity index is 599. The van der Waals surface area contributed by atoms with Gasteiger partial charge in [-0.05, 0) is 25.0 Å². The Hall–Kier alpha value is -1.24. The normalized spacial score (nSPS) is 22.9. The molecule has 0 spiro atoms. The molecule has 19 heavy (non-hydrogen) atoms. The number of halogens is 1. The Kier molecular flexibility index (Phi) is 3.38. The van der Waals surface area contributed by atoms with E-state index in [1.807, 2.05) is 25.1 Å². The number of β-amino-alcohol motifs (C(OH)–C–C–N with tert-alkyl or cyclic N) is 1. The summed E-state index contributed by atoms with van der Waals surface area (Å²) in [7, 11) is 0. The number of nitrogens with zero attached hydrogens (tertiary/aromatic N) is 2. The van der Waals surface area contributed by atoms with E-state index >= 15 is 0 Å². The summed E-state index contributed by atoms with van der Waals surface area (Å²) >= 11 is 3.49. The maximum atomic E-state index is 9.49. The first kappa shape index (κ1) is 12.8. The summed E-state index contributed by atoms with van der Waals surface area (Å²) in [4.78, 5) is 4.40. The van der Waals surface area contributed by atoms with Crippen LogP contribution < -0.4 is 5.32 Å². The van der Waals surface area contributed by atoms with E-state index in [2.05, 4.69) is 31.4 Å². The highest BCUT2D eigenvalue weighted by Gasteiger charge is 2.28. The summed E-state index contributed by atoms with van der Waals surface area (Å²) in [5.74, 6) is 1.10. The first-order valence-corrected chi connectivity index (χ1v) is 6.94. The monoisotopic (exact) mass is 323 g/mol. The predicted octanol–water partition coefficient (Wildman–Crippen LogP) is 2.20. The van der Waals surface area contributed by atoms with E-state index in [4.69, 9.17) is 4.52 Å². The van der Waals surface area contributed by atoms with Crippen LogP contribution in [-0.2, 0) is 0 Å². The van der Waals surface area contributed by atoms with Crippen LogP contribution >= 0.6 is 15.9 Å². The summed E-state index contributed by atoms with van der Waals surface area (Å²) in [5.41, 5.74) is 2.07. The lowest BCUT2D eigenvalue weighted by Crippen LogP contribution is -2.15. The molecule has 0 amide bonds. The molecule has 0 bridgehead atoms. The molecular weight excluding hydrogens is 310 g/mol. The number of aromatic nitrogens is 2. The molecule has 0 unspecified atom stereocenters. The van der Waals surface area contributed by atoms with Crippen molar-refractivity contribution in [3.8, 4) is 11.4 Å². The van der Waals surface area contributed by atoms with Gasteiger partial charge in [0.05, 0.1) is 12.1 Å². The Labute approximate surface area is 119 Å². The van der Waals surface area contributed by atoms with Crippen molar-refractivity contribution < 1.29 is 9.63 Å². The zero-order valence-electron chi connectivity index (χ0n) is 10.4.